The number of carbonyl (C=O) groups is 2. The van der Waals surface area contributed by atoms with Crippen LogP contribution in [0, 0.1) is 23.0 Å². The summed E-state index contributed by atoms with van der Waals surface area (Å²) in [5.74, 6) is -3.67. The molecule has 1 aliphatic heterocycles. The van der Waals surface area contributed by atoms with Gasteiger partial charge < -0.3 is 10.6 Å². The molecule has 2 N–H and O–H groups in total. The number of aromatic nitrogens is 1. The van der Waals surface area contributed by atoms with Crippen LogP contribution in [0.4, 0.5) is 27.6 Å². The van der Waals surface area contributed by atoms with E-state index in [-0.39, 0.29) is 44.7 Å². The van der Waals surface area contributed by atoms with Crippen molar-refractivity contribution in [3.8, 4) is 17.2 Å². The van der Waals surface area contributed by atoms with Gasteiger partial charge >= 0.3 is 6.18 Å². The monoisotopic (exact) mass is 568 g/mol. The van der Waals surface area contributed by atoms with Crippen molar-refractivity contribution in [3.05, 3.63) is 117 Å². The van der Waals surface area contributed by atoms with Crippen LogP contribution in [0.3, 0.4) is 0 Å². The maximum absolute atomic E-state index is 14.1. The summed E-state index contributed by atoms with van der Waals surface area (Å²) >= 11 is 6.29. The third-order valence-corrected chi connectivity index (χ3v) is 6.56. The molecule has 0 radical (unpaired) electrons. The number of benzene rings is 3. The van der Waals surface area contributed by atoms with Crippen molar-refractivity contribution >= 4 is 29.1 Å². The third kappa shape index (κ3) is 4.97. The molecule has 2 heterocycles. The molecule has 0 saturated heterocycles. The molecule has 1 aliphatic rings. The lowest BCUT2D eigenvalue weighted by molar-refractivity contribution is -0.137. The molecule has 3 aromatic carbocycles. The minimum Gasteiger partial charge on any atom is -0.341 e. The summed E-state index contributed by atoms with van der Waals surface area (Å²) in [6, 6.07) is 11.7. The highest BCUT2D eigenvalue weighted by Crippen LogP contribution is 2.42. The van der Waals surface area contributed by atoms with Crippen LogP contribution < -0.4 is 10.6 Å². The predicted molar refractivity (Wildman–Crippen MR) is 134 cm³/mol. The van der Waals surface area contributed by atoms with E-state index in [1.54, 1.807) is 12.1 Å². The number of carbonyl (C=O) groups excluding carboxylic acids is 2. The molecular formula is C28H14ClF5N4O2. The molecule has 200 valence electrons. The molecule has 1 unspecified atom stereocenters. The standard InChI is InChI=1S/C28H14ClF5N4O2/c29-21-4-3-16(30)11-19(21)25-24-20(27(40)38-25)8-13(18-2-1-5-36-23(18)12-35)9-22(24)37-26(39)14-6-15(28(32,33)34)10-17(31)7-14/h1-11,25H,(H,37,39)(H,38,40). The highest BCUT2D eigenvalue weighted by Gasteiger charge is 2.36. The predicted octanol–water partition coefficient (Wildman–Crippen LogP) is 6.66. The summed E-state index contributed by atoms with van der Waals surface area (Å²) in [6.07, 6.45) is -3.53. The Morgan fingerprint density at radius 3 is 2.52 bits per heavy atom. The van der Waals surface area contributed by atoms with Gasteiger partial charge in [0.1, 0.15) is 23.4 Å². The molecule has 0 aliphatic carbocycles. The van der Waals surface area contributed by atoms with E-state index in [1.165, 1.54) is 24.4 Å². The van der Waals surface area contributed by atoms with Gasteiger partial charge in [0.05, 0.1) is 11.6 Å². The number of pyridine rings is 1. The zero-order valence-electron chi connectivity index (χ0n) is 19.9. The van der Waals surface area contributed by atoms with Crippen LogP contribution in [-0.2, 0) is 6.18 Å². The van der Waals surface area contributed by atoms with Gasteiger partial charge in [0.2, 0.25) is 0 Å². The maximum atomic E-state index is 14.1. The number of halogens is 6. The van der Waals surface area contributed by atoms with Crippen LogP contribution in [0.5, 0.6) is 0 Å². The van der Waals surface area contributed by atoms with Crippen molar-refractivity contribution in [2.45, 2.75) is 12.2 Å². The molecule has 0 spiro atoms. The average Bonchev–Trinajstić information content (AvgIpc) is 3.25. The highest BCUT2D eigenvalue weighted by molar-refractivity contribution is 6.31. The lowest BCUT2D eigenvalue weighted by atomic mass is 9.92. The van der Waals surface area contributed by atoms with Crippen LogP contribution in [0.15, 0.2) is 66.9 Å². The minimum atomic E-state index is -4.91. The second-order valence-corrected chi connectivity index (χ2v) is 9.16. The molecule has 4 aromatic rings. The van der Waals surface area contributed by atoms with Crippen LogP contribution in [0.25, 0.3) is 11.1 Å². The molecular weight excluding hydrogens is 555 g/mol. The summed E-state index contributed by atoms with van der Waals surface area (Å²) in [4.78, 5) is 30.2. The molecule has 1 aromatic heterocycles. The van der Waals surface area contributed by atoms with E-state index < -0.39 is 46.8 Å². The number of hydrogen-bond acceptors (Lipinski definition) is 4. The van der Waals surface area contributed by atoms with Crippen molar-refractivity contribution in [2.75, 3.05) is 5.32 Å². The fraction of sp³-hybridized carbons (Fsp3) is 0.0714. The maximum Gasteiger partial charge on any atom is 0.416 e. The van der Waals surface area contributed by atoms with Crippen LogP contribution >= 0.6 is 11.6 Å². The Balaban J connectivity index is 1.69. The lowest BCUT2D eigenvalue weighted by Gasteiger charge is -2.19. The van der Waals surface area contributed by atoms with Crippen molar-refractivity contribution in [1.82, 2.24) is 10.3 Å². The Morgan fingerprint density at radius 2 is 1.80 bits per heavy atom. The lowest BCUT2D eigenvalue weighted by Crippen LogP contribution is -2.21. The van der Waals surface area contributed by atoms with E-state index in [1.807, 2.05) is 6.07 Å². The minimum absolute atomic E-state index is 0.00260. The second kappa shape index (κ2) is 10.1. The van der Waals surface area contributed by atoms with Crippen LogP contribution in [-0.4, -0.2) is 16.8 Å². The van der Waals surface area contributed by atoms with E-state index in [9.17, 15) is 36.8 Å². The Labute approximate surface area is 228 Å². The second-order valence-electron chi connectivity index (χ2n) is 8.75. The van der Waals surface area contributed by atoms with E-state index in [0.29, 0.717) is 17.7 Å². The molecule has 0 fully saturated rings. The first-order valence-electron chi connectivity index (χ1n) is 11.4. The average molecular weight is 569 g/mol. The first kappa shape index (κ1) is 26.8. The van der Waals surface area contributed by atoms with Gasteiger partial charge in [-0.3, -0.25) is 9.59 Å². The number of rotatable bonds is 4. The molecule has 5 rings (SSSR count). The van der Waals surface area contributed by atoms with Gasteiger partial charge in [-0.25, -0.2) is 13.8 Å². The van der Waals surface area contributed by atoms with Gasteiger partial charge in [0, 0.05) is 44.7 Å². The zero-order chi connectivity index (χ0) is 28.8. The molecule has 0 saturated carbocycles. The van der Waals surface area contributed by atoms with Gasteiger partial charge in [-0.05, 0) is 66.2 Å². The van der Waals surface area contributed by atoms with E-state index in [2.05, 4.69) is 15.6 Å². The van der Waals surface area contributed by atoms with Crippen LogP contribution in [0.2, 0.25) is 5.02 Å². The fourth-order valence-electron chi connectivity index (χ4n) is 4.47. The molecule has 1 atom stereocenters. The van der Waals surface area contributed by atoms with E-state index in [4.69, 9.17) is 11.6 Å². The van der Waals surface area contributed by atoms with Gasteiger partial charge in [-0.2, -0.15) is 18.4 Å². The topological polar surface area (TPSA) is 94.9 Å². The first-order valence-corrected chi connectivity index (χ1v) is 11.8. The van der Waals surface area contributed by atoms with Crippen LogP contribution in [0.1, 0.15) is 49.1 Å². The molecule has 6 nitrogen and oxygen atoms in total. The number of nitrogens with zero attached hydrogens (tertiary/aromatic N) is 2. The van der Waals surface area contributed by atoms with Crippen molar-refractivity contribution in [1.29, 1.82) is 5.26 Å². The number of fused-ring (bicyclic) bond motifs is 1. The number of hydrogen-bond donors (Lipinski definition) is 2. The summed E-state index contributed by atoms with van der Waals surface area (Å²) in [6.45, 7) is 0. The summed E-state index contributed by atoms with van der Waals surface area (Å²) in [5.41, 5.74) is -1.17. The largest absolute Gasteiger partial charge is 0.416 e. The fourth-order valence-corrected chi connectivity index (χ4v) is 4.69. The molecule has 2 amide bonds. The molecule has 0 bridgehead atoms. The summed E-state index contributed by atoms with van der Waals surface area (Å²) < 4.78 is 68.0. The number of nitrogens with one attached hydrogen (secondary N) is 2. The first-order chi connectivity index (χ1) is 19.0. The van der Waals surface area contributed by atoms with Gasteiger partial charge in [-0.15, -0.1) is 0 Å². The molecule has 40 heavy (non-hydrogen) atoms. The Morgan fingerprint density at radius 1 is 1.02 bits per heavy atom. The van der Waals surface area contributed by atoms with Gasteiger partial charge in [0.15, 0.2) is 0 Å². The van der Waals surface area contributed by atoms with Gasteiger partial charge in [0.25, 0.3) is 11.8 Å². The zero-order valence-corrected chi connectivity index (χ0v) is 20.7. The smallest absolute Gasteiger partial charge is 0.341 e. The number of amides is 2. The number of anilines is 1. The van der Waals surface area contributed by atoms with Crippen molar-refractivity contribution in [3.63, 3.8) is 0 Å². The number of alkyl halides is 3. The quantitative estimate of drug-likeness (QED) is 0.269. The molecule has 12 heteroatoms. The van der Waals surface area contributed by atoms with Crippen molar-refractivity contribution < 1.29 is 31.5 Å². The third-order valence-electron chi connectivity index (χ3n) is 6.22. The van der Waals surface area contributed by atoms with Gasteiger partial charge in [-0.1, -0.05) is 11.6 Å². The van der Waals surface area contributed by atoms with E-state index in [0.717, 1.165) is 12.1 Å². The summed E-state index contributed by atoms with van der Waals surface area (Å²) in [5, 5.41) is 14.7. The van der Waals surface area contributed by atoms with Crippen molar-refractivity contribution in [2.24, 2.45) is 0 Å². The highest BCUT2D eigenvalue weighted by atomic mass is 35.5. The van der Waals surface area contributed by atoms with E-state index >= 15 is 0 Å². The Kier molecular flexibility index (Phi) is 6.73. The SMILES string of the molecule is N#Cc1ncccc1-c1cc(NC(=O)c2cc(F)cc(C(F)(F)F)c2)c2c(c1)C(=O)NC2c1cc(F)ccc1Cl. The number of nitriles is 1. The summed E-state index contributed by atoms with van der Waals surface area (Å²) in [7, 11) is 0. The Bertz CT molecular complexity index is 1750. The Hall–Kier alpha value is -4.82. The normalized spacial score (nSPS) is 14.3.